The predicted octanol–water partition coefficient (Wildman–Crippen LogP) is 1.05. The molecule has 0 amide bonds. The smallest absolute Gasteiger partial charge is 0.313 e. The maximum absolute atomic E-state index is 10.2. The Morgan fingerprint density at radius 3 is 1.90 bits per heavy atom. The maximum atomic E-state index is 10.2. The third-order valence-corrected chi connectivity index (χ3v) is 1.67. The highest BCUT2D eigenvalue weighted by molar-refractivity contribution is 6.68. The number of carboxylic acids is 1. The fourth-order valence-electron chi connectivity index (χ4n) is 0.322. The molecule has 6 heteroatoms. The lowest BCUT2D eigenvalue weighted by Crippen LogP contribution is -2.30. The Balaban J connectivity index is 4.22. The summed E-state index contributed by atoms with van der Waals surface area (Å²) in [6.45, 7) is -0.689. The largest absolute Gasteiger partial charge is 0.481 e. The number of carboxylic acid groups (broad SMARTS) is 1. The molecule has 0 heterocycles. The van der Waals surface area contributed by atoms with Crippen LogP contribution in [0.25, 0.3) is 0 Å². The molecule has 0 aromatic rings. The molecule has 0 aliphatic carbocycles. The van der Waals surface area contributed by atoms with Gasteiger partial charge in [-0.1, -0.05) is 34.8 Å². The first-order valence-electron chi connectivity index (χ1n) is 2.30. The summed E-state index contributed by atoms with van der Waals surface area (Å²) in [4.78, 5) is 10.2. The zero-order chi connectivity index (χ0) is 8.36. The second-order valence-electron chi connectivity index (χ2n) is 1.62. The summed E-state index contributed by atoms with van der Waals surface area (Å²) in [6.07, 6.45) is 0. The molecule has 0 saturated heterocycles. The molecule has 2 N–H and O–H groups in total. The molecular weight excluding hydrogens is 202 g/mol. The minimum absolute atomic E-state index is 0.689. The first-order valence-corrected chi connectivity index (χ1v) is 3.43. The summed E-state index contributed by atoms with van der Waals surface area (Å²) < 4.78 is -1.94. The summed E-state index contributed by atoms with van der Waals surface area (Å²) in [5, 5.41) is 16.7. The molecule has 0 aromatic carbocycles. The fourth-order valence-corrected chi connectivity index (χ4v) is 0.809. The van der Waals surface area contributed by atoms with E-state index in [0.717, 1.165) is 0 Å². The van der Waals surface area contributed by atoms with Crippen molar-refractivity contribution < 1.29 is 15.0 Å². The second kappa shape index (κ2) is 3.62. The van der Waals surface area contributed by atoms with Crippen LogP contribution in [0.2, 0.25) is 0 Å². The van der Waals surface area contributed by atoms with Gasteiger partial charge in [0.25, 0.3) is 0 Å². The predicted molar refractivity (Wildman–Crippen MR) is 38.5 cm³/mol. The molecule has 0 rings (SSSR count). The van der Waals surface area contributed by atoms with E-state index in [-0.39, 0.29) is 0 Å². The quantitative estimate of drug-likeness (QED) is 0.666. The van der Waals surface area contributed by atoms with Crippen molar-refractivity contribution >= 4 is 40.8 Å². The lowest BCUT2D eigenvalue weighted by atomic mass is 10.2. The van der Waals surface area contributed by atoms with Crippen LogP contribution >= 0.6 is 34.8 Å². The van der Waals surface area contributed by atoms with E-state index in [4.69, 9.17) is 45.0 Å². The molecular formula is C4H5Cl3O3. The highest BCUT2D eigenvalue weighted by Gasteiger charge is 2.37. The SMILES string of the molecule is O=C(O)C(CO)C(Cl)(Cl)Cl. The van der Waals surface area contributed by atoms with Crippen LogP contribution in [0.3, 0.4) is 0 Å². The summed E-state index contributed by atoms with van der Waals surface area (Å²) in [7, 11) is 0. The monoisotopic (exact) mass is 206 g/mol. The minimum Gasteiger partial charge on any atom is -0.481 e. The summed E-state index contributed by atoms with van der Waals surface area (Å²) in [6, 6.07) is 0. The Hall–Kier alpha value is 0.300. The summed E-state index contributed by atoms with van der Waals surface area (Å²) in [5.74, 6) is -2.69. The summed E-state index contributed by atoms with van der Waals surface area (Å²) in [5.41, 5.74) is 0. The fraction of sp³-hybridized carbons (Fsp3) is 0.750. The second-order valence-corrected chi connectivity index (χ2v) is 3.98. The number of aliphatic carboxylic acids is 1. The lowest BCUT2D eigenvalue weighted by molar-refractivity contribution is -0.142. The van der Waals surface area contributed by atoms with E-state index in [1.165, 1.54) is 0 Å². The Bertz CT molecular complexity index is 130. The van der Waals surface area contributed by atoms with Crippen molar-refractivity contribution in [2.24, 2.45) is 5.92 Å². The molecule has 1 atom stereocenters. The average Bonchev–Trinajstić information content (AvgIpc) is 1.60. The topological polar surface area (TPSA) is 57.5 Å². The normalized spacial score (nSPS) is 14.8. The van der Waals surface area contributed by atoms with Gasteiger partial charge in [-0.2, -0.15) is 0 Å². The van der Waals surface area contributed by atoms with Crippen molar-refractivity contribution in [3.8, 4) is 0 Å². The van der Waals surface area contributed by atoms with Gasteiger partial charge in [-0.05, 0) is 0 Å². The molecule has 0 saturated carbocycles. The lowest BCUT2D eigenvalue weighted by Gasteiger charge is -2.16. The number of hydrogen-bond donors (Lipinski definition) is 2. The van der Waals surface area contributed by atoms with E-state index in [9.17, 15) is 4.79 Å². The molecule has 3 nitrogen and oxygen atoms in total. The molecule has 0 radical (unpaired) electrons. The van der Waals surface area contributed by atoms with Gasteiger partial charge in [0, 0.05) is 0 Å². The third-order valence-electron chi connectivity index (χ3n) is 0.876. The Labute approximate surface area is 72.5 Å². The number of hydrogen-bond acceptors (Lipinski definition) is 2. The van der Waals surface area contributed by atoms with Crippen molar-refractivity contribution in [3.05, 3.63) is 0 Å². The van der Waals surface area contributed by atoms with E-state index >= 15 is 0 Å². The standard InChI is InChI=1S/C4H5Cl3O3/c5-4(6,7)2(1-8)3(9)10/h2,8H,1H2,(H,9,10). The van der Waals surface area contributed by atoms with E-state index < -0.39 is 22.3 Å². The third kappa shape index (κ3) is 2.92. The molecule has 0 aromatic heterocycles. The number of alkyl halides is 3. The Morgan fingerprint density at radius 1 is 1.50 bits per heavy atom. The number of aliphatic hydroxyl groups is 1. The van der Waals surface area contributed by atoms with E-state index in [0.29, 0.717) is 0 Å². The molecule has 0 spiro atoms. The number of aliphatic hydroxyl groups excluding tert-OH is 1. The van der Waals surface area contributed by atoms with Crippen molar-refractivity contribution in [1.82, 2.24) is 0 Å². The summed E-state index contributed by atoms with van der Waals surface area (Å²) >= 11 is 15.6. The van der Waals surface area contributed by atoms with E-state index in [2.05, 4.69) is 0 Å². The van der Waals surface area contributed by atoms with E-state index in [1.54, 1.807) is 0 Å². The van der Waals surface area contributed by atoms with Crippen LogP contribution in [0, 0.1) is 5.92 Å². The Kier molecular flexibility index (Phi) is 3.73. The van der Waals surface area contributed by atoms with Crippen LogP contribution in [0.15, 0.2) is 0 Å². The van der Waals surface area contributed by atoms with Crippen LogP contribution in [0.1, 0.15) is 0 Å². The molecule has 0 bridgehead atoms. The molecule has 1 unspecified atom stereocenters. The van der Waals surface area contributed by atoms with Crippen LogP contribution in [0.4, 0.5) is 0 Å². The van der Waals surface area contributed by atoms with Gasteiger partial charge >= 0.3 is 5.97 Å². The zero-order valence-electron chi connectivity index (χ0n) is 4.72. The van der Waals surface area contributed by atoms with Crippen LogP contribution in [-0.4, -0.2) is 26.6 Å². The van der Waals surface area contributed by atoms with Gasteiger partial charge in [-0.25, -0.2) is 0 Å². The average molecular weight is 207 g/mol. The van der Waals surface area contributed by atoms with Crippen molar-refractivity contribution in [3.63, 3.8) is 0 Å². The van der Waals surface area contributed by atoms with Crippen LogP contribution in [0.5, 0.6) is 0 Å². The first-order chi connectivity index (χ1) is 4.39. The number of halogens is 3. The van der Waals surface area contributed by atoms with Crippen molar-refractivity contribution in [2.75, 3.05) is 6.61 Å². The van der Waals surface area contributed by atoms with Gasteiger partial charge in [0.2, 0.25) is 3.79 Å². The van der Waals surface area contributed by atoms with Crippen molar-refractivity contribution in [2.45, 2.75) is 3.79 Å². The molecule has 0 fully saturated rings. The van der Waals surface area contributed by atoms with Gasteiger partial charge in [-0.15, -0.1) is 0 Å². The van der Waals surface area contributed by atoms with Gasteiger partial charge in [-0.3, -0.25) is 4.79 Å². The van der Waals surface area contributed by atoms with Gasteiger partial charge in [0.15, 0.2) is 0 Å². The molecule has 0 aliphatic heterocycles. The first kappa shape index (κ1) is 10.3. The van der Waals surface area contributed by atoms with Crippen LogP contribution < -0.4 is 0 Å². The van der Waals surface area contributed by atoms with Gasteiger partial charge in [0.1, 0.15) is 5.92 Å². The van der Waals surface area contributed by atoms with Crippen LogP contribution in [-0.2, 0) is 4.79 Å². The van der Waals surface area contributed by atoms with Crippen molar-refractivity contribution in [1.29, 1.82) is 0 Å². The molecule has 60 valence electrons. The molecule has 10 heavy (non-hydrogen) atoms. The minimum atomic E-state index is -1.94. The maximum Gasteiger partial charge on any atom is 0.313 e. The zero-order valence-corrected chi connectivity index (χ0v) is 6.99. The number of rotatable bonds is 2. The highest BCUT2D eigenvalue weighted by atomic mass is 35.6. The highest BCUT2D eigenvalue weighted by Crippen LogP contribution is 2.34. The molecule has 0 aliphatic rings. The number of carbonyl (C=O) groups is 1. The Morgan fingerprint density at radius 2 is 1.90 bits per heavy atom. The van der Waals surface area contributed by atoms with E-state index in [1.807, 2.05) is 0 Å². The van der Waals surface area contributed by atoms with Gasteiger partial charge in [0.05, 0.1) is 6.61 Å². The van der Waals surface area contributed by atoms with Gasteiger partial charge < -0.3 is 10.2 Å².